The molecule has 17 heavy (non-hydrogen) atoms. The van der Waals surface area contributed by atoms with Gasteiger partial charge in [-0.25, -0.2) is 0 Å². The van der Waals surface area contributed by atoms with Crippen molar-refractivity contribution in [2.24, 2.45) is 0 Å². The lowest BCUT2D eigenvalue weighted by atomic mass is 10.5. The minimum Gasteiger partial charge on any atom is -0.461 e. The van der Waals surface area contributed by atoms with Crippen molar-refractivity contribution in [1.82, 2.24) is 0 Å². The summed E-state index contributed by atoms with van der Waals surface area (Å²) >= 11 is 1.52. The fourth-order valence-electron chi connectivity index (χ4n) is 0.861. The molecule has 0 aromatic heterocycles. The Morgan fingerprint density at radius 2 is 1.35 bits per heavy atom. The molecule has 0 spiro atoms. The maximum atomic E-state index is 11.1. The molecule has 4 nitrogen and oxygen atoms in total. The van der Waals surface area contributed by atoms with Gasteiger partial charge in [-0.05, 0) is 0 Å². The summed E-state index contributed by atoms with van der Waals surface area (Å²) in [6.07, 6.45) is 3.75. The number of esters is 2. The molecule has 0 rings (SSSR count). The molecule has 0 saturated carbocycles. The maximum absolute atomic E-state index is 11.1. The average Bonchev–Trinajstić information content (AvgIpc) is 2.33. The molecule has 0 aliphatic rings. The molecule has 0 aromatic rings. The molecule has 96 valence electrons. The maximum Gasteiger partial charge on any atom is 0.306 e. The number of rotatable bonds is 10. The molecule has 0 bridgehead atoms. The van der Waals surface area contributed by atoms with Crippen molar-refractivity contribution < 1.29 is 19.1 Å². The second-order valence-electron chi connectivity index (χ2n) is 3.06. The lowest BCUT2D eigenvalue weighted by molar-refractivity contribution is -0.142. The summed E-state index contributed by atoms with van der Waals surface area (Å²) in [6, 6.07) is 0. The Labute approximate surface area is 106 Å². The van der Waals surface area contributed by atoms with Gasteiger partial charge in [0, 0.05) is 11.5 Å². The molecule has 0 fully saturated rings. The highest BCUT2D eigenvalue weighted by Gasteiger charge is 2.04. The topological polar surface area (TPSA) is 52.6 Å². The van der Waals surface area contributed by atoms with Gasteiger partial charge < -0.3 is 9.47 Å². The summed E-state index contributed by atoms with van der Waals surface area (Å²) in [7, 11) is 0. The van der Waals surface area contributed by atoms with Gasteiger partial charge in [0.25, 0.3) is 0 Å². The van der Waals surface area contributed by atoms with Crippen molar-refractivity contribution in [3.05, 3.63) is 25.3 Å². The van der Waals surface area contributed by atoms with Gasteiger partial charge in [-0.2, -0.15) is 11.8 Å². The predicted octanol–water partition coefficient (Wildman–Crippen LogP) is 1.96. The molecule has 0 aliphatic carbocycles. The van der Waals surface area contributed by atoms with Crippen molar-refractivity contribution in [2.45, 2.75) is 12.8 Å². The molecule has 0 aliphatic heterocycles. The van der Waals surface area contributed by atoms with Gasteiger partial charge in [-0.3, -0.25) is 9.59 Å². The number of hydrogen-bond acceptors (Lipinski definition) is 5. The highest BCUT2D eigenvalue weighted by molar-refractivity contribution is 7.99. The molecule has 0 heterocycles. The SMILES string of the molecule is C=CCOC(=O)CCSCCC(=O)OCC=C. The molecular formula is C12H18O4S. The highest BCUT2D eigenvalue weighted by atomic mass is 32.2. The fraction of sp³-hybridized carbons (Fsp3) is 0.500. The van der Waals surface area contributed by atoms with Crippen LogP contribution in [0.25, 0.3) is 0 Å². The first-order chi connectivity index (χ1) is 8.20. The second-order valence-corrected chi connectivity index (χ2v) is 4.28. The molecular weight excluding hydrogens is 240 g/mol. The molecule has 0 N–H and O–H groups in total. The Morgan fingerprint density at radius 3 is 1.71 bits per heavy atom. The third-order valence-electron chi connectivity index (χ3n) is 1.63. The third kappa shape index (κ3) is 11.0. The molecule has 5 heteroatoms. The van der Waals surface area contributed by atoms with Crippen LogP contribution in [-0.2, 0) is 19.1 Å². The Morgan fingerprint density at radius 1 is 0.941 bits per heavy atom. The van der Waals surface area contributed by atoms with Gasteiger partial charge in [-0.1, -0.05) is 25.3 Å². The first kappa shape index (κ1) is 15.8. The summed E-state index contributed by atoms with van der Waals surface area (Å²) < 4.78 is 9.60. The fourth-order valence-corrected chi connectivity index (χ4v) is 1.69. The van der Waals surface area contributed by atoms with Crippen LogP contribution >= 0.6 is 11.8 Å². The first-order valence-corrected chi connectivity index (χ1v) is 6.47. The summed E-state index contributed by atoms with van der Waals surface area (Å²) in [4.78, 5) is 22.1. The molecule has 0 aromatic carbocycles. The van der Waals surface area contributed by atoms with E-state index in [0.717, 1.165) is 0 Å². The number of carbonyl (C=O) groups is 2. The van der Waals surface area contributed by atoms with Crippen LogP contribution in [-0.4, -0.2) is 36.7 Å². The van der Waals surface area contributed by atoms with E-state index in [4.69, 9.17) is 9.47 Å². The van der Waals surface area contributed by atoms with E-state index < -0.39 is 0 Å². The van der Waals surface area contributed by atoms with Gasteiger partial charge in [0.1, 0.15) is 13.2 Å². The highest BCUT2D eigenvalue weighted by Crippen LogP contribution is 2.06. The lowest BCUT2D eigenvalue weighted by Gasteiger charge is -2.03. The van der Waals surface area contributed by atoms with Crippen molar-refractivity contribution in [1.29, 1.82) is 0 Å². The van der Waals surface area contributed by atoms with E-state index in [1.165, 1.54) is 23.9 Å². The van der Waals surface area contributed by atoms with Crippen LogP contribution in [0.5, 0.6) is 0 Å². The van der Waals surface area contributed by atoms with Crippen LogP contribution in [0.4, 0.5) is 0 Å². The van der Waals surface area contributed by atoms with Crippen LogP contribution < -0.4 is 0 Å². The first-order valence-electron chi connectivity index (χ1n) is 5.31. The zero-order valence-corrected chi connectivity index (χ0v) is 10.7. The third-order valence-corrected chi connectivity index (χ3v) is 2.61. The smallest absolute Gasteiger partial charge is 0.306 e. The summed E-state index contributed by atoms with van der Waals surface area (Å²) in [5.74, 6) is 0.799. The minimum atomic E-state index is -0.244. The number of ether oxygens (including phenoxy) is 2. The van der Waals surface area contributed by atoms with Crippen LogP contribution in [0.1, 0.15) is 12.8 Å². The predicted molar refractivity (Wildman–Crippen MR) is 68.9 cm³/mol. The van der Waals surface area contributed by atoms with E-state index in [1.807, 2.05) is 0 Å². The number of thioether (sulfide) groups is 1. The Bertz CT molecular complexity index is 237. The van der Waals surface area contributed by atoms with E-state index in [0.29, 0.717) is 24.3 Å². The normalized spacial score (nSPS) is 9.41. The monoisotopic (exact) mass is 258 g/mol. The van der Waals surface area contributed by atoms with E-state index in [-0.39, 0.29) is 25.2 Å². The quantitative estimate of drug-likeness (QED) is 0.340. The van der Waals surface area contributed by atoms with Crippen molar-refractivity contribution in [3.63, 3.8) is 0 Å². The van der Waals surface area contributed by atoms with Crippen LogP contribution in [0.3, 0.4) is 0 Å². The number of carbonyl (C=O) groups excluding carboxylic acids is 2. The molecule has 0 unspecified atom stereocenters. The van der Waals surface area contributed by atoms with Gasteiger partial charge in [0.2, 0.25) is 0 Å². The van der Waals surface area contributed by atoms with E-state index in [9.17, 15) is 9.59 Å². The van der Waals surface area contributed by atoms with Crippen LogP contribution in [0.2, 0.25) is 0 Å². The van der Waals surface area contributed by atoms with Gasteiger partial charge in [-0.15, -0.1) is 0 Å². The van der Waals surface area contributed by atoms with Gasteiger partial charge in [0.05, 0.1) is 12.8 Å². The molecule has 0 amide bonds. The molecule has 0 radical (unpaired) electrons. The Kier molecular flexibility index (Phi) is 10.4. The molecule has 0 saturated heterocycles. The van der Waals surface area contributed by atoms with Crippen molar-refractivity contribution in [3.8, 4) is 0 Å². The standard InChI is InChI=1S/C12H18O4S/c1-3-7-15-11(13)5-9-17-10-6-12(14)16-8-4-2/h3-4H,1-2,5-10H2. The Balaban J connectivity index is 3.33. The van der Waals surface area contributed by atoms with Gasteiger partial charge in [0.15, 0.2) is 0 Å². The Hall–Kier alpha value is -1.23. The zero-order valence-electron chi connectivity index (χ0n) is 9.85. The molecule has 0 atom stereocenters. The average molecular weight is 258 g/mol. The lowest BCUT2D eigenvalue weighted by Crippen LogP contribution is -2.07. The van der Waals surface area contributed by atoms with E-state index >= 15 is 0 Å². The summed E-state index contributed by atoms with van der Waals surface area (Å²) in [6.45, 7) is 7.39. The van der Waals surface area contributed by atoms with Crippen LogP contribution in [0.15, 0.2) is 25.3 Å². The van der Waals surface area contributed by atoms with Gasteiger partial charge >= 0.3 is 11.9 Å². The summed E-state index contributed by atoms with van der Waals surface area (Å²) in [5, 5.41) is 0. The largest absolute Gasteiger partial charge is 0.461 e. The van der Waals surface area contributed by atoms with Crippen molar-refractivity contribution in [2.75, 3.05) is 24.7 Å². The van der Waals surface area contributed by atoms with E-state index in [2.05, 4.69) is 13.2 Å². The van der Waals surface area contributed by atoms with Crippen molar-refractivity contribution >= 4 is 23.7 Å². The minimum absolute atomic E-state index is 0.244. The van der Waals surface area contributed by atoms with Crippen LogP contribution in [0, 0.1) is 0 Å². The number of hydrogen-bond donors (Lipinski definition) is 0. The second kappa shape index (κ2) is 11.3. The summed E-state index contributed by atoms with van der Waals surface area (Å²) in [5.41, 5.74) is 0. The van der Waals surface area contributed by atoms with E-state index in [1.54, 1.807) is 0 Å². The zero-order chi connectivity index (χ0) is 12.9.